The van der Waals surface area contributed by atoms with Gasteiger partial charge in [-0.1, -0.05) is 77.8 Å². The lowest BCUT2D eigenvalue weighted by atomic mass is 9.99. The van der Waals surface area contributed by atoms with E-state index in [1.807, 2.05) is 68.4 Å². The van der Waals surface area contributed by atoms with E-state index < -0.39 is 16.1 Å². The number of hydrogen-bond acceptors (Lipinski definition) is 4. The molecule has 0 aliphatic carbocycles. The van der Waals surface area contributed by atoms with Crippen LogP contribution in [-0.4, -0.2) is 23.5 Å². The number of pyridine rings is 1. The molecular weight excluding hydrogens is 454 g/mol. The number of hydrogen-bond donors (Lipinski definition) is 0. The molecule has 7 heteroatoms. The topological polar surface area (TPSA) is 62.6 Å². The average molecular weight is 476 g/mol. The lowest BCUT2D eigenvalue weighted by Gasteiger charge is -2.24. The second-order valence-corrected chi connectivity index (χ2v) is 10.4. The maximum absolute atomic E-state index is 13.7. The molecule has 0 amide bonds. The van der Waals surface area contributed by atoms with Gasteiger partial charge in [-0.25, -0.2) is 4.98 Å². The molecule has 1 aliphatic rings. The van der Waals surface area contributed by atoms with Crippen molar-refractivity contribution in [2.24, 2.45) is 5.10 Å². The van der Waals surface area contributed by atoms with Gasteiger partial charge in [0, 0.05) is 17.4 Å². The third-order valence-electron chi connectivity index (χ3n) is 5.93. The van der Waals surface area contributed by atoms with Gasteiger partial charge in [0.1, 0.15) is 5.15 Å². The summed E-state index contributed by atoms with van der Waals surface area (Å²) in [5.41, 5.74) is 5.01. The fourth-order valence-corrected chi connectivity index (χ4v) is 5.83. The number of hydrazone groups is 1. The number of rotatable bonds is 4. The fraction of sp³-hybridized carbons (Fsp3) is 0.154. The minimum absolute atomic E-state index is 0.192. The molecule has 0 spiro atoms. The highest BCUT2D eigenvalue weighted by Crippen LogP contribution is 2.40. The largest absolute Gasteiger partial charge is 0.279 e. The van der Waals surface area contributed by atoms with Crippen LogP contribution in [0.1, 0.15) is 34.7 Å². The van der Waals surface area contributed by atoms with Crippen LogP contribution in [0.2, 0.25) is 5.15 Å². The van der Waals surface area contributed by atoms with E-state index in [4.69, 9.17) is 11.6 Å². The van der Waals surface area contributed by atoms with Crippen LogP contribution in [0.25, 0.3) is 10.9 Å². The van der Waals surface area contributed by atoms with Crippen molar-refractivity contribution in [3.05, 3.63) is 106 Å². The summed E-state index contributed by atoms with van der Waals surface area (Å²) >= 11 is 6.65. The Morgan fingerprint density at radius 2 is 1.67 bits per heavy atom. The number of para-hydroxylation sites is 1. The van der Waals surface area contributed by atoms with Crippen LogP contribution in [0.3, 0.4) is 0 Å². The molecule has 1 atom stereocenters. The van der Waals surface area contributed by atoms with E-state index in [1.54, 1.807) is 24.3 Å². The predicted octanol–water partition coefficient (Wildman–Crippen LogP) is 6.05. The Hall–Kier alpha value is -3.22. The van der Waals surface area contributed by atoms with E-state index >= 15 is 0 Å². The van der Waals surface area contributed by atoms with Crippen molar-refractivity contribution >= 4 is 38.2 Å². The standard InChI is InChI=1S/C26H22ClN3O2S/c1-17-11-13-21(14-12-17)33(31,32)30-24(16-23(29-30)19-8-4-3-5-9-19)22-15-20-10-6-7-18(2)25(20)28-26(22)27/h3-15,24H,16H2,1-2H3. The first-order valence-electron chi connectivity index (χ1n) is 10.6. The molecule has 5 nitrogen and oxygen atoms in total. The fourth-order valence-electron chi connectivity index (χ4n) is 4.14. The first-order valence-corrected chi connectivity index (χ1v) is 12.5. The van der Waals surface area contributed by atoms with Gasteiger partial charge in [-0.3, -0.25) is 0 Å². The van der Waals surface area contributed by atoms with E-state index in [9.17, 15) is 8.42 Å². The maximum Gasteiger partial charge on any atom is 0.279 e. The lowest BCUT2D eigenvalue weighted by Crippen LogP contribution is -2.27. The zero-order chi connectivity index (χ0) is 23.2. The van der Waals surface area contributed by atoms with E-state index in [1.165, 1.54) is 4.41 Å². The minimum atomic E-state index is -3.91. The number of halogens is 1. The number of fused-ring (bicyclic) bond motifs is 1. The van der Waals surface area contributed by atoms with Crippen LogP contribution in [0.15, 0.2) is 88.9 Å². The third-order valence-corrected chi connectivity index (χ3v) is 7.93. The molecule has 4 aromatic rings. The lowest BCUT2D eigenvalue weighted by molar-refractivity contribution is 0.371. The van der Waals surface area contributed by atoms with Gasteiger partial charge in [-0.2, -0.15) is 17.9 Å². The summed E-state index contributed by atoms with van der Waals surface area (Å²) in [4.78, 5) is 4.80. The van der Waals surface area contributed by atoms with Crippen molar-refractivity contribution in [2.75, 3.05) is 0 Å². The number of sulfonamides is 1. The molecule has 166 valence electrons. The molecule has 1 unspecified atom stereocenters. The van der Waals surface area contributed by atoms with Crippen molar-refractivity contribution in [1.29, 1.82) is 0 Å². The smallest absolute Gasteiger partial charge is 0.235 e. The first kappa shape index (κ1) is 21.6. The van der Waals surface area contributed by atoms with E-state index in [2.05, 4.69) is 10.1 Å². The Kier molecular flexibility index (Phi) is 5.43. The molecule has 1 aliphatic heterocycles. The van der Waals surface area contributed by atoms with Crippen LogP contribution in [0.5, 0.6) is 0 Å². The van der Waals surface area contributed by atoms with Gasteiger partial charge in [0.25, 0.3) is 10.0 Å². The van der Waals surface area contributed by atoms with Gasteiger partial charge in [0.05, 0.1) is 22.2 Å². The molecule has 3 aromatic carbocycles. The molecule has 1 aromatic heterocycles. The van der Waals surface area contributed by atoms with Crippen LogP contribution in [0.4, 0.5) is 0 Å². The van der Waals surface area contributed by atoms with Crippen molar-refractivity contribution < 1.29 is 8.42 Å². The second-order valence-electron chi connectivity index (χ2n) is 8.24. The summed E-state index contributed by atoms with van der Waals surface area (Å²) in [5, 5.41) is 5.80. The molecule has 0 fully saturated rings. The van der Waals surface area contributed by atoms with Crippen molar-refractivity contribution in [1.82, 2.24) is 9.40 Å². The molecule has 5 rings (SSSR count). The number of nitrogens with zero attached hydrogens (tertiary/aromatic N) is 3. The van der Waals surface area contributed by atoms with Crippen molar-refractivity contribution in [2.45, 2.75) is 31.2 Å². The number of aromatic nitrogens is 1. The van der Waals surface area contributed by atoms with Gasteiger partial charge >= 0.3 is 0 Å². The van der Waals surface area contributed by atoms with Gasteiger partial charge in [-0.05, 0) is 43.2 Å². The highest BCUT2D eigenvalue weighted by atomic mass is 35.5. The SMILES string of the molecule is Cc1ccc(S(=O)(=O)N2N=C(c3ccccc3)CC2c2cc3cccc(C)c3nc2Cl)cc1. The molecule has 2 heterocycles. The second kappa shape index (κ2) is 8.28. The normalized spacial score (nSPS) is 16.3. The number of aryl methyl sites for hydroxylation is 2. The van der Waals surface area contributed by atoms with E-state index in [0.717, 1.165) is 27.6 Å². The van der Waals surface area contributed by atoms with Crippen LogP contribution >= 0.6 is 11.6 Å². The Labute approximate surface area is 198 Å². The van der Waals surface area contributed by atoms with Gasteiger partial charge in [0.2, 0.25) is 0 Å². The summed E-state index contributed by atoms with van der Waals surface area (Å²) < 4.78 is 28.6. The van der Waals surface area contributed by atoms with Crippen LogP contribution < -0.4 is 0 Å². The monoisotopic (exact) mass is 475 g/mol. The Bertz CT molecular complexity index is 1480. The zero-order valence-electron chi connectivity index (χ0n) is 18.2. The first-order chi connectivity index (χ1) is 15.8. The van der Waals surface area contributed by atoms with Gasteiger partial charge < -0.3 is 0 Å². The van der Waals surface area contributed by atoms with Gasteiger partial charge in [-0.15, -0.1) is 0 Å². The Morgan fingerprint density at radius 1 is 0.939 bits per heavy atom. The Morgan fingerprint density at radius 3 is 2.39 bits per heavy atom. The van der Waals surface area contributed by atoms with Crippen molar-refractivity contribution in [3.63, 3.8) is 0 Å². The van der Waals surface area contributed by atoms with E-state index in [0.29, 0.717) is 17.7 Å². The minimum Gasteiger partial charge on any atom is -0.235 e. The molecule has 0 bridgehead atoms. The third kappa shape index (κ3) is 3.90. The molecule has 0 saturated carbocycles. The summed E-state index contributed by atoms with van der Waals surface area (Å²) in [6.45, 7) is 3.90. The molecule has 33 heavy (non-hydrogen) atoms. The highest BCUT2D eigenvalue weighted by Gasteiger charge is 2.39. The van der Waals surface area contributed by atoms with Gasteiger partial charge in [0.15, 0.2) is 0 Å². The molecular formula is C26H22ClN3O2S. The maximum atomic E-state index is 13.7. The summed E-state index contributed by atoms with van der Waals surface area (Å²) in [7, 11) is -3.91. The quantitative estimate of drug-likeness (QED) is 0.338. The zero-order valence-corrected chi connectivity index (χ0v) is 19.8. The molecule has 0 N–H and O–H groups in total. The highest BCUT2D eigenvalue weighted by molar-refractivity contribution is 7.89. The summed E-state index contributed by atoms with van der Waals surface area (Å²) in [6.07, 6.45) is 0.397. The predicted molar refractivity (Wildman–Crippen MR) is 132 cm³/mol. The Balaban J connectivity index is 1.66. The number of benzene rings is 3. The van der Waals surface area contributed by atoms with Crippen molar-refractivity contribution in [3.8, 4) is 0 Å². The van der Waals surface area contributed by atoms with Crippen LogP contribution in [-0.2, 0) is 10.0 Å². The van der Waals surface area contributed by atoms with Crippen LogP contribution in [0, 0.1) is 13.8 Å². The summed E-state index contributed by atoms with van der Waals surface area (Å²) in [5.74, 6) is 0. The average Bonchev–Trinajstić information content (AvgIpc) is 3.26. The molecule has 0 radical (unpaired) electrons. The molecule has 0 saturated heterocycles. The summed E-state index contributed by atoms with van der Waals surface area (Å²) in [6, 6.07) is 23.6. The van der Waals surface area contributed by atoms with E-state index in [-0.39, 0.29) is 10.0 Å².